The molecule has 9 nitrogen and oxygen atoms in total. The minimum atomic E-state index is -4.45. The number of urea groups is 1. The van der Waals surface area contributed by atoms with Crippen molar-refractivity contribution in [2.75, 3.05) is 19.4 Å². The zero-order valence-electron chi connectivity index (χ0n) is 20.5. The normalized spacial score (nSPS) is 14.7. The van der Waals surface area contributed by atoms with Crippen molar-refractivity contribution in [1.82, 2.24) is 25.2 Å². The first kappa shape index (κ1) is 27.4. The van der Waals surface area contributed by atoms with Crippen molar-refractivity contribution in [1.29, 1.82) is 0 Å². The number of carbonyl (C=O) groups is 1. The molecule has 2 aromatic rings. The Morgan fingerprint density at radius 2 is 2.16 bits per heavy atom. The number of methoxy groups -OCH3 is 1. The molecule has 0 saturated heterocycles. The van der Waals surface area contributed by atoms with Gasteiger partial charge in [-0.15, -0.1) is 6.58 Å². The van der Waals surface area contributed by atoms with E-state index in [1.54, 1.807) is 17.7 Å². The molecule has 0 atom stereocenters. The molecule has 3 rings (SSSR count). The van der Waals surface area contributed by atoms with Gasteiger partial charge in [0.05, 0.1) is 13.2 Å². The Morgan fingerprint density at radius 1 is 1.38 bits per heavy atom. The maximum Gasteiger partial charge on any atom is 0.412 e. The SMILES string of the molecule is C=CCN=C(C/C=C(\C)C(F)(F)F)NC(=O)NC1=CC=C(c2c(COC)cn3ncnc(N)c23)C=CC1. The van der Waals surface area contributed by atoms with Crippen LogP contribution in [0.3, 0.4) is 0 Å². The number of rotatable bonds is 8. The lowest BCUT2D eigenvalue weighted by molar-refractivity contribution is -0.0915. The van der Waals surface area contributed by atoms with E-state index in [9.17, 15) is 18.0 Å². The van der Waals surface area contributed by atoms with Gasteiger partial charge < -0.3 is 15.8 Å². The van der Waals surface area contributed by atoms with Crippen LogP contribution in [-0.4, -0.2) is 46.3 Å². The molecule has 1 aliphatic carbocycles. The summed E-state index contributed by atoms with van der Waals surface area (Å²) in [5.41, 5.74) is 9.04. The van der Waals surface area contributed by atoms with Gasteiger partial charge in [0.25, 0.3) is 0 Å². The molecule has 0 fully saturated rings. The number of fused-ring (bicyclic) bond motifs is 1. The van der Waals surface area contributed by atoms with Crippen LogP contribution in [0.15, 0.2) is 71.8 Å². The van der Waals surface area contributed by atoms with Gasteiger partial charge in [0.15, 0.2) is 5.82 Å². The number of amides is 2. The largest absolute Gasteiger partial charge is 0.412 e. The van der Waals surface area contributed by atoms with E-state index in [2.05, 4.69) is 32.3 Å². The van der Waals surface area contributed by atoms with E-state index in [-0.39, 0.29) is 18.8 Å². The number of nitrogens with two attached hydrogens (primary N) is 1. The van der Waals surface area contributed by atoms with Gasteiger partial charge in [0.2, 0.25) is 0 Å². The lowest BCUT2D eigenvalue weighted by atomic mass is 10.0. The molecular weight excluding hydrogens is 487 g/mol. The van der Waals surface area contributed by atoms with E-state index in [1.807, 2.05) is 24.4 Å². The van der Waals surface area contributed by atoms with Crippen LogP contribution in [-0.2, 0) is 11.3 Å². The average molecular weight is 516 g/mol. The maximum absolute atomic E-state index is 12.8. The van der Waals surface area contributed by atoms with Crippen LogP contribution < -0.4 is 16.4 Å². The summed E-state index contributed by atoms with van der Waals surface area (Å²) in [7, 11) is 1.59. The van der Waals surface area contributed by atoms with Crippen LogP contribution in [0.25, 0.3) is 11.1 Å². The molecule has 0 unspecified atom stereocenters. The van der Waals surface area contributed by atoms with Gasteiger partial charge in [0, 0.05) is 48.5 Å². The molecule has 2 aromatic heterocycles. The van der Waals surface area contributed by atoms with Crippen LogP contribution >= 0.6 is 0 Å². The molecule has 0 aromatic carbocycles. The number of nitrogens with zero attached hydrogens (tertiary/aromatic N) is 4. The lowest BCUT2D eigenvalue weighted by Gasteiger charge is -2.11. The topological polar surface area (TPSA) is 119 Å². The Bertz CT molecular complexity index is 1320. The Balaban J connectivity index is 1.80. The quantitative estimate of drug-likeness (QED) is 0.272. The number of nitrogens with one attached hydrogen (secondary N) is 2. The van der Waals surface area contributed by atoms with Crippen molar-refractivity contribution in [2.24, 2.45) is 4.99 Å². The summed E-state index contributed by atoms with van der Waals surface area (Å²) in [5, 5.41) is 9.47. The highest BCUT2D eigenvalue weighted by molar-refractivity contribution is 5.99. The van der Waals surface area contributed by atoms with Crippen LogP contribution in [0, 0.1) is 0 Å². The van der Waals surface area contributed by atoms with Gasteiger partial charge in [-0.3, -0.25) is 10.3 Å². The number of allylic oxidation sites excluding steroid dienone is 6. The van der Waals surface area contributed by atoms with E-state index in [0.29, 0.717) is 30.1 Å². The van der Waals surface area contributed by atoms with Crippen molar-refractivity contribution in [3.05, 3.63) is 78.0 Å². The molecule has 0 radical (unpaired) electrons. The molecule has 0 saturated carbocycles. The number of nitrogen functional groups attached to an aromatic ring is 1. The van der Waals surface area contributed by atoms with Crippen molar-refractivity contribution in [2.45, 2.75) is 32.5 Å². The fraction of sp³-hybridized carbons (Fsp3) is 0.280. The summed E-state index contributed by atoms with van der Waals surface area (Å²) < 4.78 is 45.4. The number of amidine groups is 1. The molecule has 4 N–H and O–H groups in total. The molecule has 2 amide bonds. The first-order valence-corrected chi connectivity index (χ1v) is 11.3. The summed E-state index contributed by atoms with van der Waals surface area (Å²) in [5.74, 6) is 0.399. The van der Waals surface area contributed by atoms with Crippen molar-refractivity contribution < 1.29 is 22.7 Å². The van der Waals surface area contributed by atoms with Crippen molar-refractivity contribution in [3.63, 3.8) is 0 Å². The first-order valence-electron chi connectivity index (χ1n) is 11.3. The molecule has 2 heterocycles. The van der Waals surface area contributed by atoms with Crippen LogP contribution in [0.2, 0.25) is 0 Å². The minimum absolute atomic E-state index is 0.0851. The van der Waals surface area contributed by atoms with Gasteiger partial charge >= 0.3 is 12.2 Å². The second-order valence-electron chi connectivity index (χ2n) is 8.07. The Kier molecular flexibility index (Phi) is 9.01. The number of alkyl halides is 3. The number of carbonyl (C=O) groups excluding carboxylic acids is 1. The Morgan fingerprint density at radius 3 is 2.86 bits per heavy atom. The predicted molar refractivity (Wildman–Crippen MR) is 137 cm³/mol. The van der Waals surface area contributed by atoms with Gasteiger partial charge in [-0.1, -0.05) is 30.4 Å². The van der Waals surface area contributed by atoms with E-state index < -0.39 is 17.8 Å². The molecule has 37 heavy (non-hydrogen) atoms. The van der Waals surface area contributed by atoms with E-state index in [4.69, 9.17) is 10.5 Å². The lowest BCUT2D eigenvalue weighted by Crippen LogP contribution is -2.39. The van der Waals surface area contributed by atoms with Crippen LogP contribution in [0.4, 0.5) is 23.8 Å². The van der Waals surface area contributed by atoms with Gasteiger partial charge in [-0.25, -0.2) is 14.3 Å². The van der Waals surface area contributed by atoms with E-state index >= 15 is 0 Å². The summed E-state index contributed by atoms with van der Waals surface area (Å²) in [6.07, 6.45) is 8.73. The second-order valence-corrected chi connectivity index (χ2v) is 8.07. The molecular formula is C25H28F3N7O2. The Labute approximate surface area is 212 Å². The third kappa shape index (κ3) is 7.17. The highest BCUT2D eigenvalue weighted by Crippen LogP contribution is 2.31. The second kappa shape index (κ2) is 12.2. The van der Waals surface area contributed by atoms with Gasteiger partial charge in [-0.05, 0) is 18.6 Å². The minimum Gasteiger partial charge on any atom is -0.382 e. The predicted octanol–water partition coefficient (Wildman–Crippen LogP) is 4.47. The molecule has 1 aliphatic rings. The fourth-order valence-electron chi connectivity index (χ4n) is 3.56. The Hall–Kier alpha value is -4.19. The number of ether oxygens (including phenoxy) is 1. The number of aromatic nitrogens is 3. The zero-order valence-corrected chi connectivity index (χ0v) is 20.5. The third-order valence-electron chi connectivity index (χ3n) is 5.36. The maximum atomic E-state index is 12.8. The number of aliphatic imine (C=N–C) groups is 1. The van der Waals surface area contributed by atoms with Crippen LogP contribution in [0.1, 0.15) is 30.9 Å². The highest BCUT2D eigenvalue weighted by Gasteiger charge is 2.29. The number of halogens is 3. The number of hydrogen-bond acceptors (Lipinski definition) is 6. The fourth-order valence-corrected chi connectivity index (χ4v) is 3.56. The number of anilines is 1. The number of hydrogen-bond donors (Lipinski definition) is 3. The van der Waals surface area contributed by atoms with E-state index in [0.717, 1.165) is 29.7 Å². The first-order chi connectivity index (χ1) is 17.6. The summed E-state index contributed by atoms with van der Waals surface area (Å²) in [6, 6.07) is -0.621. The van der Waals surface area contributed by atoms with Gasteiger partial charge in [-0.2, -0.15) is 18.3 Å². The molecule has 0 bridgehead atoms. The monoisotopic (exact) mass is 515 g/mol. The summed E-state index contributed by atoms with van der Waals surface area (Å²) in [4.78, 5) is 20.8. The standard InChI is InChI=1S/C25H28F3N7O2/c1-4-12-30-20(11-8-16(2)25(26,27)28)34-24(36)33-19-7-5-6-17(9-10-19)21-18(14-37-3)13-35-22(21)23(29)31-15-32-35/h4-6,8-10,13,15H,1,7,11-12,14H2,2-3H3,(H2,29,31,32)(H2,30,33,34,36)/b16-8+. The third-order valence-corrected chi connectivity index (χ3v) is 5.36. The molecule has 196 valence electrons. The molecule has 0 aliphatic heterocycles. The summed E-state index contributed by atoms with van der Waals surface area (Å²) in [6.45, 7) is 4.98. The van der Waals surface area contributed by atoms with Crippen molar-refractivity contribution in [3.8, 4) is 0 Å². The van der Waals surface area contributed by atoms with Crippen LogP contribution in [0.5, 0.6) is 0 Å². The van der Waals surface area contributed by atoms with Gasteiger partial charge in [0.1, 0.15) is 17.7 Å². The molecule has 12 heteroatoms. The van der Waals surface area contributed by atoms with Crippen molar-refractivity contribution >= 4 is 28.8 Å². The van der Waals surface area contributed by atoms with E-state index in [1.165, 1.54) is 12.4 Å². The summed E-state index contributed by atoms with van der Waals surface area (Å²) >= 11 is 0. The average Bonchev–Trinajstić information content (AvgIpc) is 3.05. The zero-order chi connectivity index (χ0) is 27.0. The smallest absolute Gasteiger partial charge is 0.382 e. The molecule has 0 spiro atoms. The highest BCUT2D eigenvalue weighted by atomic mass is 19.4.